The fraction of sp³-hybridized carbons (Fsp3) is 0.619. The summed E-state index contributed by atoms with van der Waals surface area (Å²) in [5.74, 6) is 0.963. The van der Waals surface area contributed by atoms with Crippen LogP contribution in [0.25, 0.3) is 0 Å². The molecular formula is C21H32ClN3O3. The van der Waals surface area contributed by atoms with Crippen LogP contribution in [-0.2, 0) is 9.59 Å². The SMILES string of the molecule is COc1ccccc1N1CCN(CCCCCN2C(=O)CCCC2=O)CC1.Cl. The summed E-state index contributed by atoms with van der Waals surface area (Å²) < 4.78 is 5.48. The maximum Gasteiger partial charge on any atom is 0.229 e. The molecular weight excluding hydrogens is 378 g/mol. The van der Waals surface area contributed by atoms with Crippen molar-refractivity contribution in [2.24, 2.45) is 0 Å². The molecule has 2 saturated heterocycles. The van der Waals surface area contributed by atoms with E-state index in [1.807, 2.05) is 12.1 Å². The first kappa shape index (κ1) is 22.5. The van der Waals surface area contributed by atoms with Gasteiger partial charge in [0.25, 0.3) is 0 Å². The number of carbonyl (C=O) groups is 2. The van der Waals surface area contributed by atoms with Crippen molar-refractivity contribution in [1.29, 1.82) is 0 Å². The van der Waals surface area contributed by atoms with Crippen LogP contribution >= 0.6 is 12.4 Å². The molecule has 2 amide bonds. The molecule has 0 spiro atoms. The summed E-state index contributed by atoms with van der Waals surface area (Å²) in [5.41, 5.74) is 1.18. The number of unbranched alkanes of at least 4 members (excludes halogenated alkanes) is 2. The first-order valence-electron chi connectivity index (χ1n) is 10.1. The predicted octanol–water partition coefficient (Wildman–Crippen LogP) is 2.95. The maximum atomic E-state index is 11.8. The lowest BCUT2D eigenvalue weighted by molar-refractivity contribution is -0.148. The first-order chi connectivity index (χ1) is 13.2. The highest BCUT2D eigenvalue weighted by atomic mass is 35.5. The highest BCUT2D eigenvalue weighted by molar-refractivity contribution is 5.97. The number of piperidine rings is 1. The Hall–Kier alpha value is -1.79. The average Bonchev–Trinajstić information content (AvgIpc) is 2.70. The highest BCUT2D eigenvalue weighted by Gasteiger charge is 2.25. The summed E-state index contributed by atoms with van der Waals surface area (Å²) >= 11 is 0. The topological polar surface area (TPSA) is 53.1 Å². The van der Waals surface area contributed by atoms with Crippen molar-refractivity contribution in [2.75, 3.05) is 51.3 Å². The molecule has 7 heteroatoms. The van der Waals surface area contributed by atoms with Gasteiger partial charge in [0.15, 0.2) is 0 Å². The number of amides is 2. The van der Waals surface area contributed by atoms with E-state index in [4.69, 9.17) is 4.74 Å². The number of hydrogen-bond donors (Lipinski definition) is 0. The third kappa shape index (κ3) is 5.85. The second kappa shape index (κ2) is 11.3. The third-order valence-electron chi connectivity index (χ3n) is 5.54. The lowest BCUT2D eigenvalue weighted by Gasteiger charge is -2.36. The summed E-state index contributed by atoms with van der Waals surface area (Å²) in [4.78, 5) is 29.9. The molecule has 156 valence electrons. The molecule has 0 aromatic heterocycles. The quantitative estimate of drug-likeness (QED) is 0.488. The van der Waals surface area contributed by atoms with Crippen LogP contribution in [0.4, 0.5) is 5.69 Å². The molecule has 2 aliphatic rings. The molecule has 0 bridgehead atoms. The Morgan fingerprint density at radius 1 is 0.893 bits per heavy atom. The average molecular weight is 410 g/mol. The van der Waals surface area contributed by atoms with Crippen LogP contribution in [0.15, 0.2) is 24.3 Å². The molecule has 2 aliphatic heterocycles. The predicted molar refractivity (Wildman–Crippen MR) is 113 cm³/mol. The second-order valence-corrected chi connectivity index (χ2v) is 7.35. The number of benzene rings is 1. The number of halogens is 1. The molecule has 2 fully saturated rings. The van der Waals surface area contributed by atoms with Gasteiger partial charge in [-0.25, -0.2) is 0 Å². The van der Waals surface area contributed by atoms with Gasteiger partial charge in [-0.2, -0.15) is 0 Å². The van der Waals surface area contributed by atoms with Crippen LogP contribution in [-0.4, -0.2) is 68.0 Å². The molecule has 0 saturated carbocycles. The number of nitrogens with zero attached hydrogens (tertiary/aromatic N) is 3. The van der Waals surface area contributed by atoms with Gasteiger partial charge in [-0.1, -0.05) is 18.6 Å². The molecule has 0 radical (unpaired) electrons. The van der Waals surface area contributed by atoms with Crippen LogP contribution in [0.5, 0.6) is 5.75 Å². The number of methoxy groups -OCH3 is 1. The monoisotopic (exact) mass is 409 g/mol. The van der Waals surface area contributed by atoms with Crippen molar-refractivity contribution in [2.45, 2.75) is 38.5 Å². The van der Waals surface area contributed by atoms with Crippen LogP contribution in [0, 0.1) is 0 Å². The Balaban J connectivity index is 0.00000280. The number of anilines is 1. The lowest BCUT2D eigenvalue weighted by atomic mass is 10.1. The Morgan fingerprint density at radius 3 is 2.21 bits per heavy atom. The van der Waals surface area contributed by atoms with E-state index in [-0.39, 0.29) is 24.2 Å². The molecule has 3 rings (SSSR count). The van der Waals surface area contributed by atoms with Gasteiger partial charge >= 0.3 is 0 Å². The minimum Gasteiger partial charge on any atom is -0.495 e. The molecule has 0 unspecified atom stereocenters. The number of piperazine rings is 1. The zero-order chi connectivity index (χ0) is 19.1. The second-order valence-electron chi connectivity index (χ2n) is 7.35. The van der Waals surface area contributed by atoms with Gasteiger partial charge in [0.1, 0.15) is 5.75 Å². The molecule has 1 aromatic rings. The van der Waals surface area contributed by atoms with Crippen molar-refractivity contribution in [1.82, 2.24) is 9.80 Å². The van der Waals surface area contributed by atoms with Crippen molar-refractivity contribution < 1.29 is 14.3 Å². The number of likely N-dealkylation sites (tertiary alicyclic amines) is 1. The van der Waals surface area contributed by atoms with Crippen molar-refractivity contribution in [3.05, 3.63) is 24.3 Å². The van der Waals surface area contributed by atoms with E-state index in [0.29, 0.717) is 19.4 Å². The van der Waals surface area contributed by atoms with Gasteiger partial charge in [0.05, 0.1) is 12.8 Å². The largest absolute Gasteiger partial charge is 0.495 e. The van der Waals surface area contributed by atoms with E-state index in [0.717, 1.165) is 64.2 Å². The molecule has 6 nitrogen and oxygen atoms in total. The number of para-hydroxylation sites is 2. The summed E-state index contributed by atoms with van der Waals surface area (Å²) in [5, 5.41) is 0. The number of imide groups is 1. The number of rotatable bonds is 8. The van der Waals surface area contributed by atoms with E-state index >= 15 is 0 Å². The number of carbonyl (C=O) groups excluding carboxylic acids is 2. The van der Waals surface area contributed by atoms with Crippen LogP contribution in [0.1, 0.15) is 38.5 Å². The van der Waals surface area contributed by atoms with Crippen LogP contribution in [0.2, 0.25) is 0 Å². The highest BCUT2D eigenvalue weighted by Crippen LogP contribution is 2.28. The van der Waals surface area contributed by atoms with Gasteiger partial charge in [0, 0.05) is 45.6 Å². The van der Waals surface area contributed by atoms with E-state index in [1.165, 1.54) is 10.6 Å². The van der Waals surface area contributed by atoms with E-state index < -0.39 is 0 Å². The Labute approximate surface area is 174 Å². The smallest absolute Gasteiger partial charge is 0.229 e. The molecule has 0 aliphatic carbocycles. The van der Waals surface area contributed by atoms with Crippen molar-refractivity contribution in [3.8, 4) is 5.75 Å². The van der Waals surface area contributed by atoms with Gasteiger partial charge in [-0.05, 0) is 37.9 Å². The molecule has 1 aromatic carbocycles. The van der Waals surface area contributed by atoms with Crippen LogP contribution < -0.4 is 9.64 Å². The number of ether oxygens (including phenoxy) is 1. The summed E-state index contributed by atoms with van der Waals surface area (Å²) in [6, 6.07) is 8.20. The van der Waals surface area contributed by atoms with Crippen molar-refractivity contribution >= 4 is 29.9 Å². The van der Waals surface area contributed by atoms with E-state index in [1.54, 1.807) is 7.11 Å². The molecule has 2 heterocycles. The standard InChI is InChI=1S/C21H31N3O3.ClH/c1-27-19-9-4-3-8-18(19)23-16-14-22(15-17-23)12-5-2-6-13-24-20(25)10-7-11-21(24)26;/h3-4,8-9H,2,5-7,10-17H2,1H3;1H. The molecule has 28 heavy (non-hydrogen) atoms. The maximum absolute atomic E-state index is 11.8. The number of hydrogen-bond acceptors (Lipinski definition) is 5. The zero-order valence-corrected chi connectivity index (χ0v) is 17.6. The summed E-state index contributed by atoms with van der Waals surface area (Å²) in [6.45, 7) is 5.82. The van der Waals surface area contributed by atoms with Gasteiger partial charge in [0.2, 0.25) is 11.8 Å². The van der Waals surface area contributed by atoms with Gasteiger partial charge in [-0.15, -0.1) is 12.4 Å². The van der Waals surface area contributed by atoms with Gasteiger partial charge < -0.3 is 9.64 Å². The Bertz CT molecular complexity index is 632. The Kier molecular flexibility index (Phi) is 9.06. The van der Waals surface area contributed by atoms with E-state index in [2.05, 4.69) is 21.9 Å². The third-order valence-corrected chi connectivity index (χ3v) is 5.54. The minimum absolute atomic E-state index is 0. The molecule has 0 N–H and O–H groups in total. The fourth-order valence-electron chi connectivity index (χ4n) is 3.93. The fourth-order valence-corrected chi connectivity index (χ4v) is 3.93. The van der Waals surface area contributed by atoms with Crippen molar-refractivity contribution in [3.63, 3.8) is 0 Å². The zero-order valence-electron chi connectivity index (χ0n) is 16.8. The normalized spacial score (nSPS) is 18.2. The lowest BCUT2D eigenvalue weighted by Crippen LogP contribution is -2.46. The van der Waals surface area contributed by atoms with Crippen LogP contribution in [0.3, 0.4) is 0 Å². The summed E-state index contributed by atoms with van der Waals surface area (Å²) in [7, 11) is 1.72. The molecule has 0 atom stereocenters. The Morgan fingerprint density at radius 2 is 1.54 bits per heavy atom. The van der Waals surface area contributed by atoms with E-state index in [9.17, 15) is 9.59 Å². The van der Waals surface area contributed by atoms with Gasteiger partial charge in [-0.3, -0.25) is 19.4 Å². The summed E-state index contributed by atoms with van der Waals surface area (Å²) in [6.07, 6.45) is 4.87. The first-order valence-corrected chi connectivity index (χ1v) is 10.1. The minimum atomic E-state index is 0.